The van der Waals surface area contributed by atoms with Crippen molar-refractivity contribution >= 4 is 5.91 Å². The molecule has 1 aromatic rings. The Morgan fingerprint density at radius 3 is 2.73 bits per heavy atom. The van der Waals surface area contributed by atoms with Crippen LogP contribution in [0.15, 0.2) is 30.3 Å². The largest absolute Gasteiger partial charge is 0.378 e. The Morgan fingerprint density at radius 2 is 2.00 bits per heavy atom. The second-order valence-corrected chi connectivity index (χ2v) is 6.87. The number of rotatable bonds is 1. The third-order valence-corrected chi connectivity index (χ3v) is 5.19. The highest BCUT2D eigenvalue weighted by molar-refractivity contribution is 5.94. The van der Waals surface area contributed by atoms with Crippen molar-refractivity contribution in [3.8, 4) is 0 Å². The molecule has 4 rings (SSSR count). The normalized spacial score (nSPS) is 28.2. The lowest BCUT2D eigenvalue weighted by molar-refractivity contribution is -0.153. The number of likely N-dealkylation sites (tertiary alicyclic amines) is 1. The molecule has 1 spiro atoms. The molecule has 0 aromatic heterocycles. The van der Waals surface area contributed by atoms with Gasteiger partial charge in [-0.15, -0.1) is 0 Å². The zero-order valence-corrected chi connectivity index (χ0v) is 13.1. The number of carbonyl (C=O) groups is 1. The van der Waals surface area contributed by atoms with Gasteiger partial charge in [-0.3, -0.25) is 9.69 Å². The second kappa shape index (κ2) is 5.33. The minimum absolute atomic E-state index is 0.131. The number of amides is 1. The van der Waals surface area contributed by atoms with Gasteiger partial charge in [0.2, 0.25) is 0 Å². The van der Waals surface area contributed by atoms with E-state index in [1.54, 1.807) is 0 Å². The van der Waals surface area contributed by atoms with Crippen molar-refractivity contribution < 1.29 is 9.53 Å². The predicted molar refractivity (Wildman–Crippen MR) is 83.9 cm³/mol. The highest BCUT2D eigenvalue weighted by Gasteiger charge is 2.53. The second-order valence-electron chi connectivity index (χ2n) is 6.87. The van der Waals surface area contributed by atoms with Gasteiger partial charge in [0, 0.05) is 38.3 Å². The summed E-state index contributed by atoms with van der Waals surface area (Å²) in [5, 5.41) is 0. The maximum absolute atomic E-state index is 12.8. The summed E-state index contributed by atoms with van der Waals surface area (Å²) in [6.45, 7) is 6.25. The first-order valence-electron chi connectivity index (χ1n) is 8.05. The molecule has 5 heteroatoms. The molecule has 3 heterocycles. The third-order valence-electron chi connectivity index (χ3n) is 5.19. The average Bonchev–Trinajstić information content (AvgIpc) is 2.53. The highest BCUT2D eigenvalue weighted by Crippen LogP contribution is 2.35. The molecule has 0 N–H and O–H groups in total. The lowest BCUT2D eigenvalue weighted by Gasteiger charge is -2.62. The van der Waals surface area contributed by atoms with Gasteiger partial charge in [-0.25, -0.2) is 0 Å². The summed E-state index contributed by atoms with van der Waals surface area (Å²) in [5.74, 6) is 0.153. The quantitative estimate of drug-likeness (QED) is 0.758. The van der Waals surface area contributed by atoms with Crippen LogP contribution in [0.1, 0.15) is 10.4 Å². The van der Waals surface area contributed by atoms with Crippen molar-refractivity contribution in [1.82, 2.24) is 14.7 Å². The minimum atomic E-state index is 0.131. The molecule has 3 fully saturated rings. The third kappa shape index (κ3) is 2.24. The molecule has 0 bridgehead atoms. The number of likely N-dealkylation sites (N-methyl/N-ethyl adjacent to an activating group) is 1. The Kier molecular flexibility index (Phi) is 3.44. The number of nitrogens with zero attached hydrogens (tertiary/aromatic N) is 3. The van der Waals surface area contributed by atoms with Crippen LogP contribution in [0.3, 0.4) is 0 Å². The fourth-order valence-electron chi connectivity index (χ4n) is 4.35. The number of benzene rings is 1. The molecule has 3 aliphatic heterocycles. The van der Waals surface area contributed by atoms with E-state index in [9.17, 15) is 4.79 Å². The number of hydrogen-bond donors (Lipinski definition) is 0. The van der Waals surface area contributed by atoms with Crippen LogP contribution in [0, 0.1) is 0 Å². The van der Waals surface area contributed by atoms with E-state index in [4.69, 9.17) is 4.74 Å². The van der Waals surface area contributed by atoms with Gasteiger partial charge in [-0.1, -0.05) is 18.2 Å². The molecular formula is C17H23N3O2. The average molecular weight is 301 g/mol. The zero-order valence-electron chi connectivity index (χ0n) is 13.1. The first-order valence-corrected chi connectivity index (χ1v) is 8.05. The van der Waals surface area contributed by atoms with Crippen LogP contribution in [0.25, 0.3) is 0 Å². The van der Waals surface area contributed by atoms with E-state index < -0.39 is 0 Å². The Morgan fingerprint density at radius 1 is 1.23 bits per heavy atom. The van der Waals surface area contributed by atoms with Crippen LogP contribution in [-0.2, 0) is 4.74 Å². The molecule has 5 nitrogen and oxygen atoms in total. The maximum atomic E-state index is 12.8. The van der Waals surface area contributed by atoms with Gasteiger partial charge in [-0.05, 0) is 19.2 Å². The first-order chi connectivity index (χ1) is 10.7. The van der Waals surface area contributed by atoms with Crippen LogP contribution >= 0.6 is 0 Å². The summed E-state index contributed by atoms with van der Waals surface area (Å²) < 4.78 is 5.67. The van der Waals surface area contributed by atoms with Crippen molar-refractivity contribution in [1.29, 1.82) is 0 Å². The summed E-state index contributed by atoms with van der Waals surface area (Å²) in [5.41, 5.74) is 0.918. The van der Waals surface area contributed by atoms with E-state index in [2.05, 4.69) is 16.8 Å². The molecule has 0 aliphatic carbocycles. The summed E-state index contributed by atoms with van der Waals surface area (Å²) in [6, 6.07) is 9.97. The topological polar surface area (TPSA) is 36.0 Å². The van der Waals surface area contributed by atoms with Gasteiger partial charge in [0.1, 0.15) is 0 Å². The monoisotopic (exact) mass is 301 g/mol. The van der Waals surface area contributed by atoms with E-state index in [-0.39, 0.29) is 11.4 Å². The van der Waals surface area contributed by atoms with Crippen LogP contribution in [0.2, 0.25) is 0 Å². The Balaban J connectivity index is 1.58. The maximum Gasteiger partial charge on any atom is 0.253 e. The molecule has 1 unspecified atom stereocenters. The van der Waals surface area contributed by atoms with Crippen molar-refractivity contribution in [2.45, 2.75) is 11.6 Å². The van der Waals surface area contributed by atoms with Gasteiger partial charge in [0.05, 0.1) is 24.8 Å². The fraction of sp³-hybridized carbons (Fsp3) is 0.588. The Bertz CT molecular complexity index is 556. The van der Waals surface area contributed by atoms with E-state index in [0.29, 0.717) is 6.04 Å². The molecule has 118 valence electrons. The number of ether oxygens (including phenoxy) is 1. The van der Waals surface area contributed by atoms with Gasteiger partial charge in [0.15, 0.2) is 0 Å². The van der Waals surface area contributed by atoms with Crippen molar-refractivity contribution in [2.24, 2.45) is 0 Å². The summed E-state index contributed by atoms with van der Waals surface area (Å²) >= 11 is 0. The van der Waals surface area contributed by atoms with Gasteiger partial charge in [0.25, 0.3) is 5.91 Å². The fourth-order valence-corrected chi connectivity index (χ4v) is 4.35. The van der Waals surface area contributed by atoms with Crippen LogP contribution in [0.5, 0.6) is 0 Å². The van der Waals surface area contributed by atoms with Crippen LogP contribution < -0.4 is 0 Å². The van der Waals surface area contributed by atoms with Crippen molar-refractivity contribution in [3.05, 3.63) is 35.9 Å². The van der Waals surface area contributed by atoms with Crippen LogP contribution in [0.4, 0.5) is 0 Å². The zero-order chi connectivity index (χ0) is 15.2. The Hall–Kier alpha value is -1.43. The Labute approximate surface area is 131 Å². The minimum Gasteiger partial charge on any atom is -0.378 e. The van der Waals surface area contributed by atoms with E-state index >= 15 is 0 Å². The summed E-state index contributed by atoms with van der Waals surface area (Å²) in [6.07, 6.45) is 0. The molecule has 1 amide bonds. The molecule has 3 aliphatic rings. The van der Waals surface area contributed by atoms with Gasteiger partial charge >= 0.3 is 0 Å². The molecule has 22 heavy (non-hydrogen) atoms. The lowest BCUT2D eigenvalue weighted by atomic mass is 9.83. The molecule has 0 saturated carbocycles. The molecule has 3 saturated heterocycles. The standard InChI is InChI=1S/C17H23N3O2/c1-18-11-17(12-18)13-19(9-15-10-22-8-7-20(15)17)16(21)14-5-3-2-4-6-14/h2-6,15H,7-13H2,1H3. The highest BCUT2D eigenvalue weighted by atomic mass is 16.5. The molecular weight excluding hydrogens is 278 g/mol. The summed E-state index contributed by atoms with van der Waals surface area (Å²) in [4.78, 5) is 19.8. The lowest BCUT2D eigenvalue weighted by Crippen LogP contribution is -2.80. The number of piperazine rings is 1. The van der Waals surface area contributed by atoms with Crippen molar-refractivity contribution in [2.75, 3.05) is 53.0 Å². The van der Waals surface area contributed by atoms with Crippen LogP contribution in [-0.4, -0.2) is 85.2 Å². The SMILES string of the molecule is CN1CC2(C1)CN(C(=O)c1ccccc1)CC1COCCN12. The summed E-state index contributed by atoms with van der Waals surface area (Å²) in [7, 11) is 2.15. The van der Waals surface area contributed by atoms with E-state index in [0.717, 1.165) is 51.5 Å². The molecule has 1 aromatic carbocycles. The first kappa shape index (κ1) is 14.2. The number of carbonyl (C=O) groups excluding carboxylic acids is 1. The predicted octanol–water partition coefficient (Wildman–Crippen LogP) is 0.527. The number of hydrogen-bond acceptors (Lipinski definition) is 4. The smallest absolute Gasteiger partial charge is 0.253 e. The molecule has 0 radical (unpaired) electrons. The van der Waals surface area contributed by atoms with E-state index in [1.165, 1.54) is 0 Å². The molecule has 1 atom stereocenters. The number of fused-ring (bicyclic) bond motifs is 2. The van der Waals surface area contributed by atoms with E-state index in [1.807, 2.05) is 35.2 Å². The number of morpholine rings is 1. The van der Waals surface area contributed by atoms with Gasteiger partial charge in [-0.2, -0.15) is 0 Å². The van der Waals surface area contributed by atoms with Gasteiger partial charge < -0.3 is 14.5 Å². The van der Waals surface area contributed by atoms with Crippen molar-refractivity contribution in [3.63, 3.8) is 0 Å².